The number of methoxy groups -OCH3 is 1. The third kappa shape index (κ3) is 3.05. The van der Waals surface area contributed by atoms with Gasteiger partial charge in [-0.15, -0.1) is 0 Å². The summed E-state index contributed by atoms with van der Waals surface area (Å²) in [6.07, 6.45) is 1.38. The summed E-state index contributed by atoms with van der Waals surface area (Å²) in [5.74, 6) is 1.72. The van der Waals surface area contributed by atoms with E-state index in [0.29, 0.717) is 13.0 Å². The second-order valence-corrected chi connectivity index (χ2v) is 7.63. The van der Waals surface area contributed by atoms with Crippen LogP contribution in [0.15, 0.2) is 72.8 Å². The molecule has 0 aliphatic carbocycles. The molecule has 0 radical (unpaired) electrons. The Morgan fingerprint density at radius 2 is 1.72 bits per heavy atom. The monoisotopic (exact) mass is 385 g/mol. The molecule has 5 rings (SSSR count). The zero-order valence-electron chi connectivity index (χ0n) is 16.4. The van der Waals surface area contributed by atoms with Crippen LogP contribution >= 0.6 is 0 Å². The predicted octanol–water partition coefficient (Wildman–Crippen LogP) is 4.72. The third-order valence-corrected chi connectivity index (χ3v) is 5.99. The van der Waals surface area contributed by atoms with Crippen LogP contribution in [0, 0.1) is 0 Å². The molecule has 1 fully saturated rings. The Morgan fingerprint density at radius 1 is 0.931 bits per heavy atom. The van der Waals surface area contributed by atoms with Gasteiger partial charge in [0.15, 0.2) is 11.5 Å². The van der Waals surface area contributed by atoms with E-state index >= 15 is 0 Å². The molecular weight excluding hydrogens is 362 g/mol. The van der Waals surface area contributed by atoms with Crippen LogP contribution in [0.25, 0.3) is 0 Å². The molecule has 0 spiro atoms. The molecule has 0 unspecified atom stereocenters. The second kappa shape index (κ2) is 7.28. The number of carbonyl (C=O) groups is 1. The molecule has 1 amide bonds. The number of fused-ring (bicyclic) bond motifs is 3. The summed E-state index contributed by atoms with van der Waals surface area (Å²) in [4.78, 5) is 14.8. The molecule has 0 N–H and O–H groups in total. The number of hydrogen-bond donors (Lipinski definition) is 0. The molecular formula is C25H23NO3. The number of hydrogen-bond acceptors (Lipinski definition) is 3. The van der Waals surface area contributed by atoms with Gasteiger partial charge in [-0.3, -0.25) is 4.79 Å². The zero-order chi connectivity index (χ0) is 19.8. The van der Waals surface area contributed by atoms with E-state index in [2.05, 4.69) is 12.1 Å². The van der Waals surface area contributed by atoms with E-state index in [9.17, 15) is 4.79 Å². The highest BCUT2D eigenvalue weighted by Crippen LogP contribution is 2.48. The maximum absolute atomic E-state index is 12.9. The summed E-state index contributed by atoms with van der Waals surface area (Å²) in [5, 5.41) is 0. The van der Waals surface area contributed by atoms with Crippen molar-refractivity contribution in [1.29, 1.82) is 0 Å². The normalized spacial score (nSPS) is 19.8. The Bertz CT molecular complexity index is 1050. The molecule has 1 saturated heterocycles. The van der Waals surface area contributed by atoms with Gasteiger partial charge in [0.05, 0.1) is 7.11 Å². The maximum atomic E-state index is 12.9. The Hall–Kier alpha value is -3.27. The standard InChI is InChI=1S/C25H23NO3/c1-28-25-19(11-7-13-23(25)29-16-17-8-3-2-4-9-17)20-15-24(27)26-21-12-6-5-10-18(21)14-22(20)26/h2-13,20,22H,14-16H2,1H3/t20-,22+/m0/s1. The lowest BCUT2D eigenvalue weighted by molar-refractivity contribution is -0.117. The summed E-state index contributed by atoms with van der Waals surface area (Å²) in [7, 11) is 1.67. The highest BCUT2D eigenvalue weighted by Gasteiger charge is 2.46. The van der Waals surface area contributed by atoms with Crippen molar-refractivity contribution in [2.75, 3.05) is 12.0 Å². The molecule has 4 nitrogen and oxygen atoms in total. The topological polar surface area (TPSA) is 38.8 Å². The molecule has 146 valence electrons. The van der Waals surface area contributed by atoms with E-state index in [4.69, 9.17) is 9.47 Å². The van der Waals surface area contributed by atoms with Gasteiger partial charge in [-0.05, 0) is 29.7 Å². The Morgan fingerprint density at radius 3 is 2.55 bits per heavy atom. The number of ether oxygens (including phenoxy) is 2. The maximum Gasteiger partial charge on any atom is 0.227 e. The quantitative estimate of drug-likeness (QED) is 0.638. The number of para-hydroxylation sites is 2. The molecule has 0 saturated carbocycles. The molecule has 0 aromatic heterocycles. The average molecular weight is 385 g/mol. The van der Waals surface area contributed by atoms with Crippen molar-refractivity contribution < 1.29 is 14.3 Å². The number of nitrogens with zero attached hydrogens (tertiary/aromatic N) is 1. The first-order chi connectivity index (χ1) is 14.3. The van der Waals surface area contributed by atoms with Gasteiger partial charge in [0.1, 0.15) is 6.61 Å². The van der Waals surface area contributed by atoms with Gasteiger partial charge in [-0.2, -0.15) is 0 Å². The van der Waals surface area contributed by atoms with Crippen LogP contribution in [0.5, 0.6) is 11.5 Å². The summed E-state index contributed by atoms with van der Waals surface area (Å²) < 4.78 is 11.9. The van der Waals surface area contributed by atoms with Crippen LogP contribution < -0.4 is 14.4 Å². The van der Waals surface area contributed by atoms with Crippen molar-refractivity contribution in [2.24, 2.45) is 0 Å². The third-order valence-electron chi connectivity index (χ3n) is 5.99. The Kier molecular flexibility index (Phi) is 4.47. The fourth-order valence-corrected chi connectivity index (χ4v) is 4.69. The summed E-state index contributed by atoms with van der Waals surface area (Å²) in [6.45, 7) is 0.477. The van der Waals surface area contributed by atoms with E-state index in [1.54, 1.807) is 7.11 Å². The van der Waals surface area contributed by atoms with Gasteiger partial charge < -0.3 is 14.4 Å². The lowest BCUT2D eigenvalue weighted by Crippen LogP contribution is -2.31. The highest BCUT2D eigenvalue weighted by molar-refractivity contribution is 6.00. The first-order valence-corrected chi connectivity index (χ1v) is 10.00. The van der Waals surface area contributed by atoms with E-state index in [1.807, 2.05) is 65.6 Å². The molecule has 2 aliphatic rings. The van der Waals surface area contributed by atoms with Crippen LogP contribution in [-0.2, 0) is 17.8 Å². The molecule has 4 heteroatoms. The van der Waals surface area contributed by atoms with Gasteiger partial charge in [0.2, 0.25) is 5.91 Å². The molecule has 2 atom stereocenters. The van der Waals surface area contributed by atoms with Crippen molar-refractivity contribution in [3.8, 4) is 11.5 Å². The largest absolute Gasteiger partial charge is 0.493 e. The predicted molar refractivity (Wildman–Crippen MR) is 113 cm³/mol. The van der Waals surface area contributed by atoms with Crippen molar-refractivity contribution in [1.82, 2.24) is 0 Å². The Balaban J connectivity index is 1.45. The summed E-state index contributed by atoms with van der Waals surface area (Å²) in [5.41, 5.74) is 4.45. The minimum absolute atomic E-state index is 0.0881. The van der Waals surface area contributed by atoms with E-state index in [0.717, 1.165) is 34.7 Å². The first-order valence-electron chi connectivity index (χ1n) is 10.00. The number of benzene rings is 3. The minimum Gasteiger partial charge on any atom is -0.493 e. The van der Waals surface area contributed by atoms with Crippen LogP contribution in [0.3, 0.4) is 0 Å². The van der Waals surface area contributed by atoms with E-state index in [1.165, 1.54) is 5.56 Å². The lowest BCUT2D eigenvalue weighted by atomic mass is 9.88. The minimum atomic E-state index is 0.0881. The Labute approximate surface area is 170 Å². The number of rotatable bonds is 5. The van der Waals surface area contributed by atoms with Crippen LogP contribution in [0.1, 0.15) is 29.0 Å². The van der Waals surface area contributed by atoms with E-state index < -0.39 is 0 Å². The molecule has 29 heavy (non-hydrogen) atoms. The summed E-state index contributed by atoms with van der Waals surface area (Å²) in [6, 6.07) is 24.4. The van der Waals surface area contributed by atoms with Crippen LogP contribution in [-0.4, -0.2) is 19.1 Å². The SMILES string of the molecule is COc1c(OCc2ccccc2)cccc1[C@@H]1CC(=O)N2c3ccccc3C[C@H]12. The highest BCUT2D eigenvalue weighted by atomic mass is 16.5. The van der Waals surface area contributed by atoms with Crippen LogP contribution in [0.4, 0.5) is 5.69 Å². The average Bonchev–Trinajstić information content (AvgIpc) is 3.30. The number of amides is 1. The van der Waals surface area contributed by atoms with E-state index in [-0.39, 0.29) is 17.9 Å². The number of carbonyl (C=O) groups excluding carboxylic acids is 1. The van der Waals surface area contributed by atoms with Gasteiger partial charge in [-0.25, -0.2) is 0 Å². The molecule has 2 aliphatic heterocycles. The van der Waals surface area contributed by atoms with Crippen molar-refractivity contribution in [2.45, 2.75) is 31.4 Å². The second-order valence-electron chi connectivity index (χ2n) is 7.63. The smallest absolute Gasteiger partial charge is 0.227 e. The van der Waals surface area contributed by atoms with Gasteiger partial charge in [0, 0.05) is 29.6 Å². The van der Waals surface area contributed by atoms with Gasteiger partial charge >= 0.3 is 0 Å². The van der Waals surface area contributed by atoms with Crippen molar-refractivity contribution in [3.05, 3.63) is 89.5 Å². The van der Waals surface area contributed by atoms with Gasteiger partial charge in [-0.1, -0.05) is 60.7 Å². The fraction of sp³-hybridized carbons (Fsp3) is 0.240. The van der Waals surface area contributed by atoms with Gasteiger partial charge in [0.25, 0.3) is 0 Å². The van der Waals surface area contributed by atoms with Crippen LogP contribution in [0.2, 0.25) is 0 Å². The van der Waals surface area contributed by atoms with Crippen molar-refractivity contribution in [3.63, 3.8) is 0 Å². The number of anilines is 1. The first kappa shape index (κ1) is 17.8. The zero-order valence-corrected chi connectivity index (χ0v) is 16.4. The van der Waals surface area contributed by atoms with Crippen molar-refractivity contribution >= 4 is 11.6 Å². The molecule has 0 bridgehead atoms. The lowest BCUT2D eigenvalue weighted by Gasteiger charge is -2.23. The molecule has 3 aromatic carbocycles. The molecule has 3 aromatic rings. The summed E-state index contributed by atoms with van der Waals surface area (Å²) >= 11 is 0. The molecule has 2 heterocycles. The fourth-order valence-electron chi connectivity index (χ4n) is 4.69.